The van der Waals surface area contributed by atoms with E-state index in [9.17, 15) is 22.8 Å². The lowest BCUT2D eigenvalue weighted by Gasteiger charge is -2.34. The molecule has 1 aromatic carbocycles. The normalized spacial score (nSPS) is 15.3. The molecular formula is C22H24F3N3O3. The molecule has 0 aliphatic carbocycles. The van der Waals surface area contributed by atoms with Crippen LogP contribution in [0.1, 0.15) is 57.0 Å². The van der Waals surface area contributed by atoms with E-state index in [0.717, 1.165) is 12.1 Å². The van der Waals surface area contributed by atoms with Crippen molar-refractivity contribution in [3.05, 3.63) is 53.2 Å². The number of hydrogen-bond acceptors (Lipinski definition) is 4. The van der Waals surface area contributed by atoms with Crippen LogP contribution in [0.25, 0.3) is 0 Å². The molecule has 1 atom stereocenters. The summed E-state index contributed by atoms with van der Waals surface area (Å²) in [7, 11) is 0. The summed E-state index contributed by atoms with van der Waals surface area (Å²) in [6.45, 7) is 6.90. The third-order valence-electron chi connectivity index (χ3n) is 4.77. The maximum Gasteiger partial charge on any atom is 0.416 e. The maximum absolute atomic E-state index is 13.1. The van der Waals surface area contributed by atoms with Gasteiger partial charge in [-0.1, -0.05) is 12.1 Å². The van der Waals surface area contributed by atoms with Crippen LogP contribution < -0.4 is 10.2 Å². The molecule has 0 radical (unpaired) electrons. The van der Waals surface area contributed by atoms with Crippen molar-refractivity contribution >= 4 is 23.5 Å². The molecule has 1 aliphatic rings. The number of hydrogen-bond donors (Lipinski definition) is 1. The zero-order chi connectivity index (χ0) is 23.0. The van der Waals surface area contributed by atoms with Crippen molar-refractivity contribution in [2.45, 2.75) is 58.4 Å². The summed E-state index contributed by atoms with van der Waals surface area (Å²) in [4.78, 5) is 30.5. The third-order valence-corrected chi connectivity index (χ3v) is 4.77. The van der Waals surface area contributed by atoms with E-state index in [1.165, 1.54) is 17.0 Å². The van der Waals surface area contributed by atoms with Gasteiger partial charge in [0.25, 0.3) is 0 Å². The Morgan fingerprint density at radius 1 is 1.16 bits per heavy atom. The molecule has 0 bridgehead atoms. The van der Waals surface area contributed by atoms with E-state index in [1.54, 1.807) is 39.8 Å². The highest BCUT2D eigenvalue weighted by Crippen LogP contribution is 2.37. The maximum atomic E-state index is 13.1. The largest absolute Gasteiger partial charge is 0.444 e. The number of nitrogens with zero attached hydrogens (tertiary/aromatic N) is 2. The molecule has 0 fully saturated rings. The van der Waals surface area contributed by atoms with Crippen molar-refractivity contribution in [1.82, 2.24) is 4.98 Å². The van der Waals surface area contributed by atoms with E-state index in [1.807, 2.05) is 0 Å². The van der Waals surface area contributed by atoms with Crippen molar-refractivity contribution in [2.24, 2.45) is 0 Å². The number of alkyl halides is 3. The number of pyridine rings is 1. The second-order valence-corrected chi connectivity index (χ2v) is 8.35. The molecule has 31 heavy (non-hydrogen) atoms. The average Bonchev–Trinajstić information content (AvgIpc) is 2.65. The van der Waals surface area contributed by atoms with Gasteiger partial charge in [-0.05, 0) is 57.5 Å². The number of carbonyl (C=O) groups is 2. The lowest BCUT2D eigenvalue weighted by molar-refractivity contribution is -0.137. The zero-order valence-corrected chi connectivity index (χ0v) is 17.7. The van der Waals surface area contributed by atoms with Gasteiger partial charge < -0.3 is 9.64 Å². The van der Waals surface area contributed by atoms with Crippen molar-refractivity contribution in [3.63, 3.8) is 0 Å². The number of anilines is 2. The van der Waals surface area contributed by atoms with Crippen LogP contribution in [0.4, 0.5) is 29.5 Å². The quantitative estimate of drug-likeness (QED) is 0.692. The van der Waals surface area contributed by atoms with Crippen LogP contribution in [0.15, 0.2) is 36.4 Å². The van der Waals surface area contributed by atoms with Crippen LogP contribution in [-0.2, 0) is 22.1 Å². The number of amides is 2. The summed E-state index contributed by atoms with van der Waals surface area (Å²) < 4.78 is 44.5. The van der Waals surface area contributed by atoms with Crippen LogP contribution in [0.5, 0.6) is 0 Å². The highest BCUT2D eigenvalue weighted by molar-refractivity contribution is 5.97. The Bertz CT molecular complexity index is 999. The number of fused-ring (bicyclic) bond motifs is 1. The first-order valence-electron chi connectivity index (χ1n) is 9.84. The topological polar surface area (TPSA) is 71.5 Å². The summed E-state index contributed by atoms with van der Waals surface area (Å²) >= 11 is 0. The van der Waals surface area contributed by atoms with Gasteiger partial charge in [-0.15, -0.1) is 0 Å². The molecule has 2 amide bonds. The smallest absolute Gasteiger partial charge is 0.416 e. The first-order chi connectivity index (χ1) is 14.3. The van der Waals surface area contributed by atoms with E-state index in [4.69, 9.17) is 4.74 Å². The Morgan fingerprint density at radius 2 is 1.87 bits per heavy atom. The Balaban J connectivity index is 1.88. The van der Waals surface area contributed by atoms with E-state index >= 15 is 0 Å². The number of rotatable bonds is 3. The molecule has 0 spiro atoms. The van der Waals surface area contributed by atoms with Crippen molar-refractivity contribution < 1.29 is 27.5 Å². The van der Waals surface area contributed by atoms with Gasteiger partial charge in [-0.3, -0.25) is 10.1 Å². The van der Waals surface area contributed by atoms with Gasteiger partial charge >= 0.3 is 12.3 Å². The second-order valence-electron chi connectivity index (χ2n) is 8.35. The Labute approximate surface area is 178 Å². The van der Waals surface area contributed by atoms with Gasteiger partial charge in [0.15, 0.2) is 0 Å². The molecule has 1 aromatic heterocycles. The predicted molar refractivity (Wildman–Crippen MR) is 110 cm³/mol. The number of ether oxygens (including phenoxy) is 1. The number of aromatic nitrogens is 1. The summed E-state index contributed by atoms with van der Waals surface area (Å²) in [6, 6.07) is 7.49. The lowest BCUT2D eigenvalue weighted by atomic mass is 9.99. The molecule has 1 N–H and O–H groups in total. The van der Waals surface area contributed by atoms with Crippen LogP contribution in [0.3, 0.4) is 0 Å². The van der Waals surface area contributed by atoms with E-state index in [2.05, 4.69) is 10.3 Å². The van der Waals surface area contributed by atoms with Crippen molar-refractivity contribution in [1.29, 1.82) is 0 Å². The Morgan fingerprint density at radius 3 is 2.52 bits per heavy atom. The fourth-order valence-corrected chi connectivity index (χ4v) is 3.40. The number of nitrogens with one attached hydrogen (secondary N) is 1. The van der Waals surface area contributed by atoms with E-state index in [-0.39, 0.29) is 18.1 Å². The van der Waals surface area contributed by atoms with Gasteiger partial charge in [0.1, 0.15) is 11.4 Å². The first kappa shape index (κ1) is 22.6. The number of benzene rings is 1. The Hall–Kier alpha value is -3.10. The molecular weight excluding hydrogens is 411 g/mol. The molecule has 9 heteroatoms. The van der Waals surface area contributed by atoms with E-state index < -0.39 is 29.5 Å². The van der Waals surface area contributed by atoms with Crippen LogP contribution in [0.2, 0.25) is 0 Å². The van der Waals surface area contributed by atoms with Gasteiger partial charge in [-0.2, -0.15) is 13.2 Å². The minimum absolute atomic E-state index is 0.166. The minimum atomic E-state index is -4.47. The van der Waals surface area contributed by atoms with Crippen LogP contribution in [-0.4, -0.2) is 22.6 Å². The SMILES string of the molecule is CC(c1cccc(C(F)(F)F)c1)N1C(=O)CCc2nc(NC(=O)OC(C)(C)C)ccc21. The number of carbonyl (C=O) groups excluding carboxylic acids is 2. The number of halogens is 3. The molecule has 166 valence electrons. The van der Waals surface area contributed by atoms with Gasteiger partial charge in [0.05, 0.1) is 23.0 Å². The van der Waals surface area contributed by atoms with Gasteiger partial charge in [-0.25, -0.2) is 9.78 Å². The highest BCUT2D eigenvalue weighted by atomic mass is 19.4. The molecule has 0 saturated heterocycles. The molecule has 3 rings (SSSR count). The minimum Gasteiger partial charge on any atom is -0.444 e. The standard InChI is InChI=1S/C22H24F3N3O3/c1-13(14-6-5-7-15(12-14)22(23,24)25)28-17-9-10-18(26-16(17)8-11-19(28)29)27-20(30)31-21(2,3)4/h5-7,9-10,12-13H,8,11H2,1-4H3,(H,26,27,30). The molecule has 2 heterocycles. The molecule has 2 aromatic rings. The molecule has 6 nitrogen and oxygen atoms in total. The predicted octanol–water partition coefficient (Wildman–Crippen LogP) is 5.49. The van der Waals surface area contributed by atoms with Crippen LogP contribution >= 0.6 is 0 Å². The molecule has 1 aliphatic heterocycles. The summed E-state index contributed by atoms with van der Waals surface area (Å²) in [6.07, 6.45) is -4.59. The number of aryl methyl sites for hydroxylation is 1. The van der Waals surface area contributed by atoms with Crippen molar-refractivity contribution in [2.75, 3.05) is 10.2 Å². The molecule has 0 saturated carbocycles. The Kier molecular flexibility index (Phi) is 5.98. The highest BCUT2D eigenvalue weighted by Gasteiger charge is 2.33. The van der Waals surface area contributed by atoms with E-state index in [0.29, 0.717) is 23.4 Å². The fourth-order valence-electron chi connectivity index (χ4n) is 3.40. The average molecular weight is 435 g/mol. The second kappa shape index (κ2) is 8.20. The van der Waals surface area contributed by atoms with Crippen molar-refractivity contribution in [3.8, 4) is 0 Å². The van der Waals surface area contributed by atoms with Crippen LogP contribution in [0, 0.1) is 0 Å². The van der Waals surface area contributed by atoms with Gasteiger partial charge in [0, 0.05) is 12.8 Å². The zero-order valence-electron chi connectivity index (χ0n) is 17.7. The summed E-state index contributed by atoms with van der Waals surface area (Å²) in [5, 5.41) is 2.56. The fraction of sp³-hybridized carbons (Fsp3) is 0.409. The molecule has 1 unspecified atom stereocenters. The summed E-state index contributed by atoms with van der Waals surface area (Å²) in [5.41, 5.74) is 0.0217. The first-order valence-corrected chi connectivity index (χ1v) is 9.84. The third kappa shape index (κ3) is 5.34. The monoisotopic (exact) mass is 435 g/mol. The van der Waals surface area contributed by atoms with Gasteiger partial charge in [0.2, 0.25) is 5.91 Å². The lowest BCUT2D eigenvalue weighted by Crippen LogP contribution is -2.38. The summed E-state index contributed by atoms with van der Waals surface area (Å²) in [5.74, 6) is 0.0704.